The van der Waals surface area contributed by atoms with Gasteiger partial charge in [-0.05, 0) is 43.2 Å². The third-order valence-corrected chi connectivity index (χ3v) is 5.00. The summed E-state index contributed by atoms with van der Waals surface area (Å²) in [5.41, 5.74) is 3.05. The lowest BCUT2D eigenvalue weighted by Gasteiger charge is -2.23. The predicted molar refractivity (Wildman–Crippen MR) is 107 cm³/mol. The second kappa shape index (κ2) is 7.56. The Morgan fingerprint density at radius 1 is 1.03 bits per heavy atom. The van der Waals surface area contributed by atoms with Gasteiger partial charge >= 0.3 is 0 Å². The van der Waals surface area contributed by atoms with Crippen molar-refractivity contribution in [1.29, 1.82) is 0 Å². The highest BCUT2D eigenvalue weighted by Gasteiger charge is 2.15. The van der Waals surface area contributed by atoms with Crippen LogP contribution in [0, 0.1) is 5.82 Å². The molecule has 0 unspecified atom stereocenters. The van der Waals surface area contributed by atoms with Gasteiger partial charge in [-0.25, -0.2) is 14.4 Å². The molecule has 0 amide bonds. The molecule has 4 heterocycles. The highest BCUT2D eigenvalue weighted by molar-refractivity contribution is 5.67. The second-order valence-corrected chi connectivity index (χ2v) is 6.97. The lowest BCUT2D eigenvalue weighted by molar-refractivity contribution is 0.0903. The number of ether oxygens (including phenoxy) is 1. The van der Waals surface area contributed by atoms with E-state index in [1.807, 2.05) is 34.9 Å². The number of benzene rings is 1. The number of fused-ring (bicyclic) bond motifs is 1. The summed E-state index contributed by atoms with van der Waals surface area (Å²) < 4.78 is 20.8. The Kier molecular flexibility index (Phi) is 4.61. The first kappa shape index (κ1) is 17.7. The van der Waals surface area contributed by atoms with Crippen LogP contribution < -0.4 is 5.32 Å². The van der Waals surface area contributed by atoms with E-state index in [1.165, 1.54) is 12.1 Å². The Hall–Kier alpha value is -3.39. The molecule has 29 heavy (non-hydrogen) atoms. The summed E-state index contributed by atoms with van der Waals surface area (Å²) in [5.74, 6) is 0.896. The number of pyridine rings is 1. The van der Waals surface area contributed by atoms with Crippen molar-refractivity contribution in [2.24, 2.45) is 0 Å². The molecule has 146 valence electrons. The van der Waals surface area contributed by atoms with Crippen LogP contribution in [0.25, 0.3) is 28.3 Å². The first-order valence-electron chi connectivity index (χ1n) is 9.55. The van der Waals surface area contributed by atoms with Crippen LogP contribution in [0.1, 0.15) is 12.8 Å². The fourth-order valence-electron chi connectivity index (χ4n) is 3.49. The molecule has 4 aromatic rings. The van der Waals surface area contributed by atoms with Gasteiger partial charge in [-0.15, -0.1) is 10.2 Å². The fraction of sp³-hybridized carbons (Fsp3) is 0.238. The fourth-order valence-corrected chi connectivity index (χ4v) is 3.49. The van der Waals surface area contributed by atoms with Gasteiger partial charge in [-0.1, -0.05) is 12.1 Å². The Morgan fingerprint density at radius 3 is 2.79 bits per heavy atom. The maximum atomic E-state index is 13.6. The summed E-state index contributed by atoms with van der Waals surface area (Å²) >= 11 is 0. The second-order valence-electron chi connectivity index (χ2n) is 6.97. The van der Waals surface area contributed by atoms with Crippen LogP contribution in [0.5, 0.6) is 0 Å². The quantitative estimate of drug-likeness (QED) is 0.574. The van der Waals surface area contributed by atoms with Crippen molar-refractivity contribution in [2.45, 2.75) is 18.9 Å². The van der Waals surface area contributed by atoms with Gasteiger partial charge in [0.2, 0.25) is 5.95 Å². The van der Waals surface area contributed by atoms with E-state index in [1.54, 1.807) is 12.3 Å². The number of hydrogen-bond acceptors (Lipinski definition) is 6. The molecule has 0 saturated carbocycles. The summed E-state index contributed by atoms with van der Waals surface area (Å²) in [6.07, 6.45) is 5.51. The van der Waals surface area contributed by atoms with Gasteiger partial charge in [0.25, 0.3) is 0 Å². The molecule has 8 heteroatoms. The SMILES string of the molecule is Fc1cccc(-c2nnc3cc(-c4ccnc(NC5CCOCC5)n4)ccn23)c1. The minimum Gasteiger partial charge on any atom is -0.381 e. The molecule has 0 spiro atoms. The Morgan fingerprint density at radius 2 is 1.93 bits per heavy atom. The molecule has 1 aliphatic rings. The zero-order chi connectivity index (χ0) is 19.6. The van der Waals surface area contributed by atoms with E-state index in [9.17, 15) is 4.39 Å². The molecule has 0 radical (unpaired) electrons. The Balaban J connectivity index is 1.44. The minimum absolute atomic E-state index is 0.304. The lowest BCUT2D eigenvalue weighted by Crippen LogP contribution is -2.28. The highest BCUT2D eigenvalue weighted by Crippen LogP contribution is 2.24. The van der Waals surface area contributed by atoms with Crippen LogP contribution in [0.2, 0.25) is 0 Å². The molecule has 1 aromatic carbocycles. The van der Waals surface area contributed by atoms with Gasteiger partial charge in [-0.3, -0.25) is 4.40 Å². The van der Waals surface area contributed by atoms with E-state index >= 15 is 0 Å². The summed E-state index contributed by atoms with van der Waals surface area (Å²) in [6, 6.07) is 12.4. The first-order chi connectivity index (χ1) is 14.3. The van der Waals surface area contributed by atoms with Crippen molar-refractivity contribution in [3.8, 4) is 22.6 Å². The molecule has 1 fully saturated rings. The van der Waals surface area contributed by atoms with E-state index in [4.69, 9.17) is 4.74 Å². The first-order valence-corrected chi connectivity index (χ1v) is 9.55. The summed E-state index contributed by atoms with van der Waals surface area (Å²) in [7, 11) is 0. The zero-order valence-corrected chi connectivity index (χ0v) is 15.6. The minimum atomic E-state index is -0.304. The van der Waals surface area contributed by atoms with Gasteiger partial charge < -0.3 is 10.1 Å². The van der Waals surface area contributed by atoms with Crippen molar-refractivity contribution in [1.82, 2.24) is 24.6 Å². The van der Waals surface area contributed by atoms with E-state index in [0.29, 0.717) is 29.0 Å². The number of aromatic nitrogens is 5. The monoisotopic (exact) mass is 390 g/mol. The highest BCUT2D eigenvalue weighted by atomic mass is 19.1. The van der Waals surface area contributed by atoms with E-state index in [0.717, 1.165) is 37.3 Å². The van der Waals surface area contributed by atoms with Crippen LogP contribution in [-0.2, 0) is 4.74 Å². The van der Waals surface area contributed by atoms with Gasteiger partial charge in [0.05, 0.1) is 5.69 Å². The van der Waals surface area contributed by atoms with Crippen LogP contribution in [0.15, 0.2) is 54.9 Å². The van der Waals surface area contributed by atoms with Crippen LogP contribution in [0.3, 0.4) is 0 Å². The van der Waals surface area contributed by atoms with Gasteiger partial charge in [-0.2, -0.15) is 0 Å². The predicted octanol–water partition coefficient (Wildman–Crippen LogP) is 3.58. The van der Waals surface area contributed by atoms with Crippen LogP contribution in [-0.4, -0.2) is 43.8 Å². The number of halogens is 1. The number of rotatable bonds is 4. The van der Waals surface area contributed by atoms with E-state index in [2.05, 4.69) is 25.5 Å². The van der Waals surface area contributed by atoms with E-state index < -0.39 is 0 Å². The van der Waals surface area contributed by atoms with Crippen molar-refractivity contribution in [3.63, 3.8) is 0 Å². The van der Waals surface area contributed by atoms with Crippen molar-refractivity contribution in [2.75, 3.05) is 18.5 Å². The molecular formula is C21H19FN6O. The molecule has 0 aliphatic carbocycles. The van der Waals surface area contributed by atoms with Gasteiger partial charge in [0, 0.05) is 42.8 Å². The van der Waals surface area contributed by atoms with Crippen molar-refractivity contribution >= 4 is 11.6 Å². The number of nitrogens with one attached hydrogen (secondary N) is 1. The lowest BCUT2D eigenvalue weighted by atomic mass is 10.1. The molecule has 1 aliphatic heterocycles. The third kappa shape index (κ3) is 3.66. The molecular weight excluding hydrogens is 371 g/mol. The van der Waals surface area contributed by atoms with Gasteiger partial charge in [0.1, 0.15) is 5.82 Å². The molecule has 1 N–H and O–H groups in total. The van der Waals surface area contributed by atoms with E-state index in [-0.39, 0.29) is 5.82 Å². The maximum absolute atomic E-state index is 13.6. The van der Waals surface area contributed by atoms with Crippen molar-refractivity contribution < 1.29 is 9.13 Å². The van der Waals surface area contributed by atoms with Gasteiger partial charge in [0.15, 0.2) is 11.5 Å². The number of hydrogen-bond donors (Lipinski definition) is 1. The van der Waals surface area contributed by atoms with Crippen LogP contribution in [0.4, 0.5) is 10.3 Å². The average molecular weight is 390 g/mol. The number of nitrogens with zero attached hydrogens (tertiary/aromatic N) is 5. The Bertz CT molecular complexity index is 1150. The molecule has 3 aromatic heterocycles. The topological polar surface area (TPSA) is 77.2 Å². The normalized spacial score (nSPS) is 14.9. The summed E-state index contributed by atoms with van der Waals surface area (Å²) in [6.45, 7) is 1.52. The zero-order valence-electron chi connectivity index (χ0n) is 15.6. The molecule has 1 saturated heterocycles. The average Bonchev–Trinajstić information content (AvgIpc) is 3.18. The number of anilines is 1. The van der Waals surface area contributed by atoms with Crippen molar-refractivity contribution in [3.05, 3.63) is 60.7 Å². The molecule has 0 bridgehead atoms. The summed E-state index contributed by atoms with van der Waals surface area (Å²) in [5, 5.41) is 11.9. The molecule has 7 nitrogen and oxygen atoms in total. The Labute approximate surface area is 166 Å². The molecule has 5 rings (SSSR count). The largest absolute Gasteiger partial charge is 0.381 e. The van der Waals surface area contributed by atoms with Crippen LogP contribution >= 0.6 is 0 Å². The maximum Gasteiger partial charge on any atom is 0.223 e. The smallest absolute Gasteiger partial charge is 0.223 e. The summed E-state index contributed by atoms with van der Waals surface area (Å²) in [4.78, 5) is 8.99. The molecule has 0 atom stereocenters. The third-order valence-electron chi connectivity index (χ3n) is 5.00. The standard InChI is InChI=1S/C21H19FN6O/c22-16-3-1-2-15(12-16)20-27-26-19-13-14(5-9-28(19)20)18-4-8-23-21(25-18)24-17-6-10-29-11-7-17/h1-5,8-9,12-13,17H,6-7,10-11H2,(H,23,24,25).